The van der Waals surface area contributed by atoms with Crippen molar-refractivity contribution in [2.45, 2.75) is 6.92 Å². The first-order valence-electron chi connectivity index (χ1n) is 4.33. The smallest absolute Gasteiger partial charge is 0.331 e. The van der Waals surface area contributed by atoms with E-state index in [2.05, 4.69) is 22.6 Å². The summed E-state index contributed by atoms with van der Waals surface area (Å²) in [6.45, 7) is 2.20. The number of benzene rings is 1. The Labute approximate surface area is 97.1 Å². The second-order valence-electron chi connectivity index (χ2n) is 2.61. The lowest BCUT2D eigenvalue weighted by Gasteiger charge is -1.99. The average molecular weight is 302 g/mol. The maximum Gasteiger partial charge on any atom is 0.331 e. The SMILES string of the molecule is CCOC(=O)C=C(I)c1ccccc1. The third-order valence-electron chi connectivity index (χ3n) is 1.58. The Balaban J connectivity index is 2.75. The van der Waals surface area contributed by atoms with E-state index in [-0.39, 0.29) is 5.97 Å². The van der Waals surface area contributed by atoms with Crippen molar-refractivity contribution >= 4 is 32.1 Å². The molecule has 0 unspecified atom stereocenters. The lowest BCUT2D eigenvalue weighted by Crippen LogP contribution is -1.99. The van der Waals surface area contributed by atoms with Crippen LogP contribution in [-0.4, -0.2) is 12.6 Å². The highest BCUT2D eigenvalue weighted by Gasteiger charge is 2.00. The van der Waals surface area contributed by atoms with Gasteiger partial charge >= 0.3 is 5.97 Å². The number of hydrogen-bond acceptors (Lipinski definition) is 2. The molecule has 1 aromatic rings. The van der Waals surface area contributed by atoms with E-state index in [0.29, 0.717) is 6.61 Å². The number of carbonyl (C=O) groups is 1. The maximum absolute atomic E-state index is 11.1. The van der Waals surface area contributed by atoms with Crippen LogP contribution in [0.1, 0.15) is 12.5 Å². The van der Waals surface area contributed by atoms with Crippen LogP contribution < -0.4 is 0 Å². The van der Waals surface area contributed by atoms with Gasteiger partial charge in [0.2, 0.25) is 0 Å². The highest BCUT2D eigenvalue weighted by Crippen LogP contribution is 2.20. The zero-order valence-electron chi connectivity index (χ0n) is 7.87. The summed E-state index contributed by atoms with van der Waals surface area (Å²) in [6.07, 6.45) is 1.50. The van der Waals surface area contributed by atoms with Crippen LogP contribution >= 0.6 is 22.6 Å². The molecule has 0 aliphatic heterocycles. The van der Waals surface area contributed by atoms with Crippen LogP contribution in [0.15, 0.2) is 36.4 Å². The van der Waals surface area contributed by atoms with Gasteiger partial charge in [-0.2, -0.15) is 0 Å². The highest BCUT2D eigenvalue weighted by molar-refractivity contribution is 14.1. The van der Waals surface area contributed by atoms with Crippen molar-refractivity contribution in [1.29, 1.82) is 0 Å². The molecule has 74 valence electrons. The summed E-state index contributed by atoms with van der Waals surface area (Å²) in [6, 6.07) is 9.73. The van der Waals surface area contributed by atoms with Crippen LogP contribution in [0.2, 0.25) is 0 Å². The molecule has 0 saturated heterocycles. The van der Waals surface area contributed by atoms with Crippen molar-refractivity contribution in [3.8, 4) is 0 Å². The van der Waals surface area contributed by atoms with Crippen LogP contribution in [-0.2, 0) is 9.53 Å². The van der Waals surface area contributed by atoms with Crippen molar-refractivity contribution in [1.82, 2.24) is 0 Å². The van der Waals surface area contributed by atoms with E-state index in [1.165, 1.54) is 6.08 Å². The molecular formula is C11H11IO2. The summed E-state index contributed by atoms with van der Waals surface area (Å²) >= 11 is 2.12. The van der Waals surface area contributed by atoms with Gasteiger partial charge in [-0.1, -0.05) is 30.3 Å². The van der Waals surface area contributed by atoms with E-state index in [1.807, 2.05) is 30.3 Å². The summed E-state index contributed by atoms with van der Waals surface area (Å²) in [7, 11) is 0. The number of rotatable bonds is 3. The number of halogens is 1. The average Bonchev–Trinajstić information content (AvgIpc) is 2.19. The minimum absolute atomic E-state index is 0.291. The molecule has 1 aromatic carbocycles. The lowest BCUT2D eigenvalue weighted by atomic mass is 10.2. The molecule has 2 nitrogen and oxygen atoms in total. The maximum atomic E-state index is 11.1. The zero-order chi connectivity index (χ0) is 10.4. The normalized spacial score (nSPS) is 11.1. The van der Waals surface area contributed by atoms with E-state index < -0.39 is 0 Å². The monoisotopic (exact) mass is 302 g/mol. The fraction of sp³-hybridized carbons (Fsp3) is 0.182. The van der Waals surface area contributed by atoms with Crippen molar-refractivity contribution < 1.29 is 9.53 Å². The van der Waals surface area contributed by atoms with E-state index in [4.69, 9.17) is 4.74 Å². The Morgan fingerprint density at radius 1 is 1.43 bits per heavy atom. The zero-order valence-corrected chi connectivity index (χ0v) is 10.0. The van der Waals surface area contributed by atoms with Gasteiger partial charge in [0.25, 0.3) is 0 Å². The van der Waals surface area contributed by atoms with E-state index in [0.717, 1.165) is 9.14 Å². The van der Waals surface area contributed by atoms with E-state index >= 15 is 0 Å². The lowest BCUT2D eigenvalue weighted by molar-refractivity contribution is -0.137. The molecule has 0 amide bonds. The first-order chi connectivity index (χ1) is 6.74. The van der Waals surface area contributed by atoms with Gasteiger partial charge < -0.3 is 4.74 Å². The van der Waals surface area contributed by atoms with Crippen molar-refractivity contribution in [2.75, 3.05) is 6.61 Å². The highest BCUT2D eigenvalue weighted by atomic mass is 127. The third-order valence-corrected chi connectivity index (χ3v) is 2.51. The van der Waals surface area contributed by atoms with Crippen LogP contribution in [0.5, 0.6) is 0 Å². The number of hydrogen-bond donors (Lipinski definition) is 0. The molecule has 0 atom stereocenters. The van der Waals surface area contributed by atoms with Crippen LogP contribution in [0.4, 0.5) is 0 Å². The Bertz CT molecular complexity index is 330. The number of esters is 1. The van der Waals surface area contributed by atoms with Gasteiger partial charge in [0.1, 0.15) is 0 Å². The van der Waals surface area contributed by atoms with Gasteiger partial charge in [-0.3, -0.25) is 0 Å². The summed E-state index contributed by atoms with van der Waals surface area (Å²) in [5.74, 6) is -0.291. The first-order valence-corrected chi connectivity index (χ1v) is 5.41. The predicted molar refractivity (Wildman–Crippen MR) is 65.1 cm³/mol. The Morgan fingerprint density at radius 3 is 2.64 bits per heavy atom. The molecule has 0 fully saturated rings. The van der Waals surface area contributed by atoms with Crippen LogP contribution in [0, 0.1) is 0 Å². The molecule has 0 radical (unpaired) electrons. The molecule has 0 aliphatic rings. The molecule has 0 heterocycles. The molecule has 14 heavy (non-hydrogen) atoms. The van der Waals surface area contributed by atoms with Crippen LogP contribution in [0.3, 0.4) is 0 Å². The quantitative estimate of drug-likeness (QED) is 0.487. The summed E-state index contributed by atoms with van der Waals surface area (Å²) in [5, 5.41) is 0. The molecular weight excluding hydrogens is 291 g/mol. The Morgan fingerprint density at radius 2 is 2.07 bits per heavy atom. The van der Waals surface area contributed by atoms with Gasteiger partial charge in [-0.15, -0.1) is 0 Å². The second kappa shape index (κ2) is 5.80. The minimum atomic E-state index is -0.291. The standard InChI is InChI=1S/C11H11IO2/c1-2-14-11(13)8-10(12)9-6-4-3-5-7-9/h3-8H,2H2,1H3. The topological polar surface area (TPSA) is 26.3 Å². The van der Waals surface area contributed by atoms with Crippen LogP contribution in [0.25, 0.3) is 3.58 Å². The molecule has 1 rings (SSSR count). The first kappa shape index (κ1) is 11.2. The second-order valence-corrected chi connectivity index (χ2v) is 3.77. The van der Waals surface area contributed by atoms with E-state index in [9.17, 15) is 4.79 Å². The Hall–Kier alpha value is -0.840. The third kappa shape index (κ3) is 3.49. The van der Waals surface area contributed by atoms with E-state index in [1.54, 1.807) is 6.92 Å². The largest absolute Gasteiger partial charge is 0.463 e. The van der Waals surface area contributed by atoms with Gasteiger partial charge in [0.05, 0.1) is 6.61 Å². The molecule has 0 spiro atoms. The van der Waals surface area contributed by atoms with Crippen molar-refractivity contribution in [3.63, 3.8) is 0 Å². The fourth-order valence-corrected chi connectivity index (χ4v) is 1.58. The molecule has 0 aromatic heterocycles. The predicted octanol–water partition coefficient (Wildman–Crippen LogP) is 3.03. The summed E-state index contributed by atoms with van der Waals surface area (Å²) in [5.41, 5.74) is 1.03. The fourth-order valence-electron chi connectivity index (χ4n) is 0.968. The molecule has 0 saturated carbocycles. The van der Waals surface area contributed by atoms with Crippen molar-refractivity contribution in [2.24, 2.45) is 0 Å². The number of ether oxygens (including phenoxy) is 1. The molecule has 0 bridgehead atoms. The van der Waals surface area contributed by atoms with Gasteiger partial charge in [0.15, 0.2) is 0 Å². The number of carbonyl (C=O) groups excluding carboxylic acids is 1. The van der Waals surface area contributed by atoms with Gasteiger partial charge in [-0.25, -0.2) is 4.79 Å². The molecule has 0 aliphatic carbocycles. The van der Waals surface area contributed by atoms with Gasteiger partial charge in [0, 0.05) is 9.66 Å². The minimum Gasteiger partial charge on any atom is -0.463 e. The van der Waals surface area contributed by atoms with Gasteiger partial charge in [-0.05, 0) is 35.1 Å². The van der Waals surface area contributed by atoms with Crippen molar-refractivity contribution in [3.05, 3.63) is 42.0 Å². The summed E-state index contributed by atoms with van der Waals surface area (Å²) < 4.78 is 5.70. The Kier molecular flexibility index (Phi) is 4.65. The molecule has 3 heteroatoms. The summed E-state index contributed by atoms with van der Waals surface area (Å²) in [4.78, 5) is 11.1. The molecule has 0 N–H and O–H groups in total.